The van der Waals surface area contributed by atoms with Gasteiger partial charge >= 0.3 is 12.1 Å². The molecule has 0 radical (unpaired) electrons. The van der Waals surface area contributed by atoms with Crippen LogP contribution in [0.1, 0.15) is 63.0 Å². The van der Waals surface area contributed by atoms with Crippen molar-refractivity contribution in [1.29, 1.82) is 0 Å². The average Bonchev–Trinajstić information content (AvgIpc) is 3.11. The van der Waals surface area contributed by atoms with Crippen molar-refractivity contribution in [1.82, 2.24) is 10.6 Å². The molecule has 0 aliphatic heterocycles. The second-order valence-electron chi connectivity index (χ2n) is 8.53. The summed E-state index contributed by atoms with van der Waals surface area (Å²) in [5.74, 6) is -1.81. The van der Waals surface area contributed by atoms with Gasteiger partial charge in [-0.1, -0.05) is 74.7 Å². The maximum Gasteiger partial charge on any atom is 0.407 e. The van der Waals surface area contributed by atoms with Crippen molar-refractivity contribution in [2.24, 2.45) is 0 Å². The third kappa shape index (κ3) is 6.34. The van der Waals surface area contributed by atoms with E-state index in [0.29, 0.717) is 0 Å². The minimum Gasteiger partial charge on any atom is -0.481 e. The Morgan fingerprint density at radius 3 is 2.15 bits per heavy atom. The number of fused-ring (bicyclic) bond motifs is 3. The number of carbonyl (C=O) groups is 3. The van der Waals surface area contributed by atoms with Gasteiger partial charge in [-0.15, -0.1) is 0 Å². The molecule has 7 heteroatoms. The Morgan fingerprint density at radius 2 is 1.58 bits per heavy atom. The Labute approximate surface area is 194 Å². The van der Waals surface area contributed by atoms with Gasteiger partial charge in [0.2, 0.25) is 5.91 Å². The first-order valence-electron chi connectivity index (χ1n) is 11.5. The molecule has 33 heavy (non-hydrogen) atoms. The maximum atomic E-state index is 12.6. The number of hydrogen-bond donors (Lipinski definition) is 3. The van der Waals surface area contributed by atoms with Gasteiger partial charge in [0.25, 0.3) is 0 Å². The summed E-state index contributed by atoms with van der Waals surface area (Å²) in [5, 5.41) is 14.4. The molecule has 0 saturated heterocycles. The normalized spacial score (nSPS) is 14.0. The molecular weight excluding hydrogens is 420 g/mol. The van der Waals surface area contributed by atoms with Crippen LogP contribution in [0.5, 0.6) is 0 Å². The molecule has 3 rings (SSSR count). The van der Waals surface area contributed by atoms with E-state index < -0.39 is 30.4 Å². The highest BCUT2D eigenvalue weighted by Gasteiger charge is 2.30. The molecule has 0 spiro atoms. The van der Waals surface area contributed by atoms with Crippen molar-refractivity contribution in [3.8, 4) is 11.1 Å². The molecule has 3 N–H and O–H groups in total. The van der Waals surface area contributed by atoms with Gasteiger partial charge in [0, 0.05) is 12.0 Å². The molecule has 0 bridgehead atoms. The van der Waals surface area contributed by atoms with E-state index in [2.05, 4.69) is 17.6 Å². The van der Waals surface area contributed by atoms with Gasteiger partial charge in [0.05, 0.1) is 6.42 Å². The van der Waals surface area contributed by atoms with E-state index >= 15 is 0 Å². The van der Waals surface area contributed by atoms with Crippen LogP contribution in [0.4, 0.5) is 4.79 Å². The number of nitrogens with one attached hydrogen (secondary N) is 2. The van der Waals surface area contributed by atoms with Gasteiger partial charge < -0.3 is 20.5 Å². The Balaban J connectivity index is 1.60. The van der Waals surface area contributed by atoms with Crippen LogP contribution in [0.15, 0.2) is 48.5 Å². The zero-order valence-corrected chi connectivity index (χ0v) is 19.2. The topological polar surface area (TPSA) is 105 Å². The number of alkyl carbamates (subject to hydrolysis) is 1. The van der Waals surface area contributed by atoms with Gasteiger partial charge in [-0.25, -0.2) is 4.79 Å². The lowest BCUT2D eigenvalue weighted by atomic mass is 9.98. The molecule has 0 aromatic heterocycles. The quantitative estimate of drug-likeness (QED) is 0.437. The van der Waals surface area contributed by atoms with Gasteiger partial charge in [-0.3, -0.25) is 9.59 Å². The van der Waals surface area contributed by atoms with E-state index in [-0.39, 0.29) is 18.6 Å². The number of carboxylic acid groups (broad SMARTS) is 1. The summed E-state index contributed by atoms with van der Waals surface area (Å²) in [7, 11) is 0. The lowest BCUT2D eigenvalue weighted by molar-refractivity contribution is -0.140. The van der Waals surface area contributed by atoms with Crippen LogP contribution in [0.3, 0.4) is 0 Å². The minimum absolute atomic E-state index is 0.0920. The molecule has 0 fully saturated rings. The van der Waals surface area contributed by atoms with Crippen LogP contribution in [0.2, 0.25) is 0 Å². The molecule has 2 atom stereocenters. The third-order valence-corrected chi connectivity index (χ3v) is 5.96. The summed E-state index contributed by atoms with van der Waals surface area (Å²) in [5.41, 5.74) is 4.38. The van der Waals surface area contributed by atoms with E-state index in [1.54, 1.807) is 0 Å². The van der Waals surface area contributed by atoms with Gasteiger partial charge in [-0.2, -0.15) is 0 Å². The van der Waals surface area contributed by atoms with E-state index in [1.165, 1.54) is 0 Å². The van der Waals surface area contributed by atoms with Crippen molar-refractivity contribution < 1.29 is 24.2 Å². The molecule has 2 unspecified atom stereocenters. The molecular formula is C26H32N2O5. The number of hydrogen-bond acceptors (Lipinski definition) is 4. The number of ether oxygens (including phenoxy) is 1. The van der Waals surface area contributed by atoms with Crippen molar-refractivity contribution in [3.63, 3.8) is 0 Å². The zero-order valence-electron chi connectivity index (χ0n) is 19.2. The van der Waals surface area contributed by atoms with E-state index in [9.17, 15) is 19.5 Å². The third-order valence-electron chi connectivity index (χ3n) is 5.96. The molecule has 0 saturated carbocycles. The van der Waals surface area contributed by atoms with E-state index in [0.717, 1.165) is 47.9 Å². The Morgan fingerprint density at radius 1 is 0.970 bits per heavy atom. The van der Waals surface area contributed by atoms with Crippen molar-refractivity contribution in [3.05, 3.63) is 59.7 Å². The SMILES string of the molecule is CCCCCC(C)NC(=O)C(CC(=O)O)NC(=O)OCC1c2ccccc2-c2ccccc21. The highest BCUT2D eigenvalue weighted by atomic mass is 16.5. The first kappa shape index (κ1) is 24.3. The number of amides is 2. The lowest BCUT2D eigenvalue weighted by Gasteiger charge is -2.21. The predicted octanol–water partition coefficient (Wildman–Crippen LogP) is 4.45. The smallest absolute Gasteiger partial charge is 0.407 e. The first-order chi connectivity index (χ1) is 15.9. The summed E-state index contributed by atoms with van der Waals surface area (Å²) >= 11 is 0. The summed E-state index contributed by atoms with van der Waals surface area (Å²) < 4.78 is 5.46. The molecule has 2 amide bonds. The van der Waals surface area contributed by atoms with Crippen LogP contribution in [0, 0.1) is 0 Å². The summed E-state index contributed by atoms with van der Waals surface area (Å²) in [4.78, 5) is 36.4. The van der Waals surface area contributed by atoms with Gasteiger partial charge in [0.15, 0.2) is 0 Å². The predicted molar refractivity (Wildman–Crippen MR) is 126 cm³/mol. The molecule has 0 heterocycles. The van der Waals surface area contributed by atoms with Crippen molar-refractivity contribution >= 4 is 18.0 Å². The van der Waals surface area contributed by atoms with Crippen LogP contribution < -0.4 is 10.6 Å². The van der Waals surface area contributed by atoms with Crippen LogP contribution >= 0.6 is 0 Å². The number of rotatable bonds is 11. The summed E-state index contributed by atoms with van der Waals surface area (Å²) in [6, 6.07) is 14.7. The highest BCUT2D eigenvalue weighted by Crippen LogP contribution is 2.44. The lowest BCUT2D eigenvalue weighted by Crippen LogP contribution is -2.50. The number of carboxylic acids is 1. The second-order valence-corrected chi connectivity index (χ2v) is 8.53. The Bertz CT molecular complexity index is 945. The molecule has 2 aromatic carbocycles. The second kappa shape index (κ2) is 11.5. The zero-order chi connectivity index (χ0) is 23.8. The van der Waals surface area contributed by atoms with Crippen LogP contribution in [0.25, 0.3) is 11.1 Å². The molecule has 1 aliphatic rings. The molecule has 1 aliphatic carbocycles. The highest BCUT2D eigenvalue weighted by molar-refractivity contribution is 5.89. The monoisotopic (exact) mass is 452 g/mol. The fourth-order valence-electron chi connectivity index (χ4n) is 4.28. The fourth-order valence-corrected chi connectivity index (χ4v) is 4.28. The van der Waals surface area contributed by atoms with Crippen molar-refractivity contribution in [2.75, 3.05) is 6.61 Å². The minimum atomic E-state index is -1.20. The molecule has 7 nitrogen and oxygen atoms in total. The Kier molecular flexibility index (Phi) is 8.46. The van der Waals surface area contributed by atoms with Crippen LogP contribution in [-0.2, 0) is 14.3 Å². The summed E-state index contributed by atoms with van der Waals surface area (Å²) in [6.07, 6.45) is 2.59. The van der Waals surface area contributed by atoms with E-state index in [4.69, 9.17) is 4.74 Å². The first-order valence-corrected chi connectivity index (χ1v) is 11.5. The number of carbonyl (C=O) groups excluding carboxylic acids is 2. The number of benzene rings is 2. The fraction of sp³-hybridized carbons (Fsp3) is 0.423. The molecule has 2 aromatic rings. The molecule has 176 valence electrons. The van der Waals surface area contributed by atoms with Crippen molar-refractivity contribution in [2.45, 2.75) is 64.0 Å². The number of unbranched alkanes of at least 4 members (excludes halogenated alkanes) is 2. The van der Waals surface area contributed by atoms with Gasteiger partial charge in [-0.05, 0) is 35.6 Å². The van der Waals surface area contributed by atoms with Gasteiger partial charge in [0.1, 0.15) is 12.6 Å². The largest absolute Gasteiger partial charge is 0.481 e. The average molecular weight is 453 g/mol. The standard InChI is InChI=1S/C26H32N2O5/c1-3-4-5-10-17(2)27-25(31)23(15-24(29)30)28-26(32)33-16-22-20-13-8-6-11-18(20)19-12-7-9-14-21(19)22/h6-9,11-14,17,22-23H,3-5,10,15-16H2,1-2H3,(H,27,31)(H,28,32)(H,29,30). The van der Waals surface area contributed by atoms with E-state index in [1.807, 2.05) is 55.5 Å². The Hall–Kier alpha value is -3.35. The van der Waals surface area contributed by atoms with Crippen LogP contribution in [-0.4, -0.2) is 41.8 Å². The number of aliphatic carboxylic acids is 1. The maximum absolute atomic E-state index is 12.6. The summed E-state index contributed by atoms with van der Waals surface area (Å²) in [6.45, 7) is 4.07.